The Labute approximate surface area is 189 Å². The van der Waals surface area contributed by atoms with Crippen molar-refractivity contribution in [3.8, 4) is 34.0 Å². The van der Waals surface area contributed by atoms with Crippen LogP contribution in [0.5, 0.6) is 11.5 Å². The van der Waals surface area contributed by atoms with Gasteiger partial charge >= 0.3 is 0 Å². The first-order valence-electron chi connectivity index (χ1n) is 10.5. The largest absolute Gasteiger partial charge is 0.493 e. The monoisotopic (exact) mass is 445 g/mol. The van der Waals surface area contributed by atoms with E-state index in [-0.39, 0.29) is 17.7 Å². The second kappa shape index (κ2) is 8.38. The van der Waals surface area contributed by atoms with Crippen LogP contribution in [0.2, 0.25) is 0 Å². The van der Waals surface area contributed by atoms with Crippen LogP contribution in [0.4, 0.5) is 5.69 Å². The van der Waals surface area contributed by atoms with Crippen molar-refractivity contribution in [2.24, 2.45) is 13.0 Å². The van der Waals surface area contributed by atoms with Crippen molar-refractivity contribution in [1.82, 2.24) is 30.4 Å². The molecule has 1 saturated carbocycles. The van der Waals surface area contributed by atoms with Crippen molar-refractivity contribution in [3.05, 3.63) is 54.4 Å². The Morgan fingerprint density at radius 2 is 1.97 bits per heavy atom. The molecule has 10 heteroatoms. The number of benzene rings is 2. The minimum Gasteiger partial charge on any atom is -0.493 e. The van der Waals surface area contributed by atoms with Crippen LogP contribution in [-0.2, 0) is 11.8 Å². The molecule has 1 aliphatic rings. The van der Waals surface area contributed by atoms with Crippen LogP contribution >= 0.6 is 0 Å². The molecule has 2 atom stereocenters. The first-order chi connectivity index (χ1) is 16.1. The molecule has 2 heterocycles. The van der Waals surface area contributed by atoms with Crippen LogP contribution in [0, 0.1) is 5.92 Å². The highest BCUT2D eigenvalue weighted by Gasteiger charge is 2.44. The number of nitrogens with one attached hydrogen (secondary N) is 2. The molecule has 5 rings (SSSR count). The molecule has 33 heavy (non-hydrogen) atoms. The van der Waals surface area contributed by atoms with Gasteiger partial charge in [0.05, 0.1) is 20.4 Å². The van der Waals surface area contributed by atoms with E-state index in [4.69, 9.17) is 9.47 Å². The molecule has 1 fully saturated rings. The number of H-pyrrole nitrogens is 1. The molecule has 2 aromatic heterocycles. The summed E-state index contributed by atoms with van der Waals surface area (Å²) in [5.74, 6) is 1.89. The lowest BCUT2D eigenvalue weighted by atomic mass is 9.98. The molecule has 1 amide bonds. The Kier molecular flexibility index (Phi) is 5.25. The number of methoxy groups -OCH3 is 2. The van der Waals surface area contributed by atoms with Gasteiger partial charge in [-0.3, -0.25) is 9.48 Å². The first kappa shape index (κ1) is 20.7. The fourth-order valence-electron chi connectivity index (χ4n) is 4.07. The van der Waals surface area contributed by atoms with Gasteiger partial charge in [0.2, 0.25) is 5.91 Å². The van der Waals surface area contributed by atoms with E-state index >= 15 is 0 Å². The van der Waals surface area contributed by atoms with Gasteiger partial charge in [-0.2, -0.15) is 5.10 Å². The van der Waals surface area contributed by atoms with E-state index in [1.165, 1.54) is 0 Å². The van der Waals surface area contributed by atoms with Crippen LogP contribution in [0.15, 0.2) is 48.8 Å². The molecule has 2 N–H and O–H groups in total. The fourth-order valence-corrected chi connectivity index (χ4v) is 4.07. The van der Waals surface area contributed by atoms with E-state index in [0.29, 0.717) is 23.0 Å². The number of rotatable bonds is 7. The zero-order valence-corrected chi connectivity index (χ0v) is 18.4. The van der Waals surface area contributed by atoms with Crippen LogP contribution in [0.25, 0.3) is 22.5 Å². The molecule has 0 saturated heterocycles. The topological polar surface area (TPSA) is 120 Å². The number of nitrogens with zero attached hydrogens (tertiary/aromatic N) is 5. The summed E-state index contributed by atoms with van der Waals surface area (Å²) in [5.41, 5.74) is 4.30. The maximum atomic E-state index is 12.9. The van der Waals surface area contributed by atoms with Crippen molar-refractivity contribution in [3.63, 3.8) is 0 Å². The Balaban J connectivity index is 1.43. The van der Waals surface area contributed by atoms with Crippen molar-refractivity contribution < 1.29 is 14.3 Å². The normalized spacial score (nSPS) is 16.9. The highest BCUT2D eigenvalue weighted by Crippen LogP contribution is 2.48. The molecular formula is C23H23N7O3. The standard InChI is InChI=1S/C23H23N7O3/c1-30-12-14(11-24-30)17-10-19(17)23(31)25-15-5-6-16(18(9-15)22-26-28-29-27-22)13-4-7-20(32-2)21(8-13)33-3/h4-9,11-12,17,19H,10H2,1-3H3,(H,25,31)(H,26,27,28,29). The molecule has 10 nitrogen and oxygen atoms in total. The number of tetrazole rings is 1. The summed E-state index contributed by atoms with van der Waals surface area (Å²) in [6.07, 6.45) is 4.61. The average Bonchev–Trinajstić information content (AvgIpc) is 3.22. The zero-order valence-electron chi connectivity index (χ0n) is 18.4. The number of hydrogen-bond acceptors (Lipinski definition) is 7. The number of ether oxygens (including phenoxy) is 2. The maximum Gasteiger partial charge on any atom is 0.228 e. The Bertz CT molecular complexity index is 1300. The summed E-state index contributed by atoms with van der Waals surface area (Å²) in [7, 11) is 5.07. The van der Waals surface area contributed by atoms with E-state index < -0.39 is 0 Å². The maximum absolute atomic E-state index is 12.9. The summed E-state index contributed by atoms with van der Waals surface area (Å²) in [6, 6.07) is 11.3. The van der Waals surface area contributed by atoms with Crippen molar-refractivity contribution in [2.75, 3.05) is 19.5 Å². The second-order valence-corrected chi connectivity index (χ2v) is 7.97. The summed E-state index contributed by atoms with van der Waals surface area (Å²) >= 11 is 0. The SMILES string of the molecule is COc1ccc(-c2ccc(NC(=O)C3CC3c3cnn(C)c3)cc2-c2nnn[nH]2)cc1OC. The van der Waals surface area contributed by atoms with Gasteiger partial charge < -0.3 is 14.8 Å². The number of amides is 1. The number of hydrogen-bond donors (Lipinski definition) is 2. The van der Waals surface area contributed by atoms with Gasteiger partial charge in [0.1, 0.15) is 0 Å². The number of aromatic amines is 1. The minimum atomic E-state index is -0.0601. The van der Waals surface area contributed by atoms with Gasteiger partial charge in [-0.1, -0.05) is 12.1 Å². The van der Waals surface area contributed by atoms with E-state index in [2.05, 4.69) is 31.0 Å². The number of anilines is 1. The first-order valence-corrected chi connectivity index (χ1v) is 10.5. The number of aromatic nitrogens is 6. The molecule has 0 spiro atoms. The Morgan fingerprint density at radius 1 is 1.12 bits per heavy atom. The summed E-state index contributed by atoms with van der Waals surface area (Å²) in [6.45, 7) is 0. The summed E-state index contributed by atoms with van der Waals surface area (Å²) < 4.78 is 12.6. The van der Waals surface area contributed by atoms with Gasteiger partial charge in [-0.05, 0) is 63.7 Å². The van der Waals surface area contributed by atoms with Gasteiger partial charge in [0.25, 0.3) is 0 Å². The van der Waals surface area contributed by atoms with E-state index in [9.17, 15) is 4.79 Å². The van der Waals surface area contributed by atoms with Crippen LogP contribution in [0.3, 0.4) is 0 Å². The number of carbonyl (C=O) groups excluding carboxylic acids is 1. The molecular weight excluding hydrogens is 422 g/mol. The summed E-state index contributed by atoms with van der Waals surface area (Å²) in [5, 5.41) is 21.5. The third kappa shape index (κ3) is 4.02. The Morgan fingerprint density at radius 3 is 2.67 bits per heavy atom. The number of aryl methyl sites for hydroxylation is 1. The van der Waals surface area contributed by atoms with Gasteiger partial charge in [-0.25, -0.2) is 5.10 Å². The lowest BCUT2D eigenvalue weighted by Crippen LogP contribution is -2.14. The van der Waals surface area contributed by atoms with Crippen molar-refractivity contribution >= 4 is 11.6 Å². The molecule has 1 aliphatic carbocycles. The minimum absolute atomic E-state index is 0.00985. The highest BCUT2D eigenvalue weighted by atomic mass is 16.5. The molecule has 0 bridgehead atoms. The molecule has 4 aromatic rings. The van der Waals surface area contributed by atoms with Crippen LogP contribution in [0.1, 0.15) is 17.9 Å². The highest BCUT2D eigenvalue weighted by molar-refractivity contribution is 5.96. The fraction of sp³-hybridized carbons (Fsp3) is 0.261. The second-order valence-electron chi connectivity index (χ2n) is 7.97. The van der Waals surface area contributed by atoms with Gasteiger partial charge in [-0.15, -0.1) is 5.10 Å². The smallest absolute Gasteiger partial charge is 0.228 e. The van der Waals surface area contributed by atoms with E-state index in [0.717, 1.165) is 28.7 Å². The van der Waals surface area contributed by atoms with Crippen LogP contribution in [-0.4, -0.2) is 50.5 Å². The van der Waals surface area contributed by atoms with Gasteiger partial charge in [0, 0.05) is 30.4 Å². The van der Waals surface area contributed by atoms with E-state index in [1.54, 1.807) is 18.9 Å². The van der Waals surface area contributed by atoms with Crippen LogP contribution < -0.4 is 14.8 Å². The third-order valence-corrected chi connectivity index (χ3v) is 5.86. The van der Waals surface area contributed by atoms with E-state index in [1.807, 2.05) is 55.8 Å². The van der Waals surface area contributed by atoms with Crippen molar-refractivity contribution in [1.29, 1.82) is 0 Å². The molecule has 2 unspecified atom stereocenters. The quantitative estimate of drug-likeness (QED) is 0.449. The lowest BCUT2D eigenvalue weighted by Gasteiger charge is -2.13. The predicted octanol–water partition coefficient (Wildman–Crippen LogP) is 3.03. The molecule has 2 aromatic carbocycles. The lowest BCUT2D eigenvalue weighted by molar-refractivity contribution is -0.117. The Hall–Kier alpha value is -4.21. The molecule has 0 aliphatic heterocycles. The van der Waals surface area contributed by atoms with Gasteiger partial charge in [0.15, 0.2) is 17.3 Å². The average molecular weight is 445 g/mol. The third-order valence-electron chi connectivity index (χ3n) is 5.86. The molecule has 0 radical (unpaired) electrons. The molecule has 168 valence electrons. The predicted molar refractivity (Wildman–Crippen MR) is 121 cm³/mol. The van der Waals surface area contributed by atoms with Crippen molar-refractivity contribution in [2.45, 2.75) is 12.3 Å². The summed E-state index contributed by atoms with van der Waals surface area (Å²) in [4.78, 5) is 12.9. The zero-order chi connectivity index (χ0) is 22.9. The number of carbonyl (C=O) groups is 1.